The van der Waals surface area contributed by atoms with Crippen molar-refractivity contribution >= 4 is 16.7 Å². The molecule has 140 valence electrons. The van der Waals surface area contributed by atoms with Gasteiger partial charge in [-0.05, 0) is 29.8 Å². The maximum atomic E-state index is 14.3. The van der Waals surface area contributed by atoms with Gasteiger partial charge in [0.25, 0.3) is 0 Å². The number of anilines is 1. The molecule has 6 nitrogen and oxygen atoms in total. The molecule has 0 atom stereocenters. The van der Waals surface area contributed by atoms with E-state index in [1.807, 2.05) is 0 Å². The fraction of sp³-hybridized carbons (Fsp3) is 0.100. The van der Waals surface area contributed by atoms with Crippen molar-refractivity contribution in [1.82, 2.24) is 19.9 Å². The summed E-state index contributed by atoms with van der Waals surface area (Å²) < 4.78 is 33.5. The Balaban J connectivity index is 2.00. The highest BCUT2D eigenvalue weighted by Gasteiger charge is 2.18. The molecule has 0 aliphatic rings. The SMILES string of the molecule is CNc1nc(-c2ncccn2)nc2c(OC)cc(-c3cccc(F)c3F)cc12. The molecule has 0 unspecified atom stereocenters. The van der Waals surface area contributed by atoms with E-state index in [0.29, 0.717) is 39.7 Å². The van der Waals surface area contributed by atoms with Crippen LogP contribution in [-0.2, 0) is 0 Å². The van der Waals surface area contributed by atoms with Crippen LogP contribution in [-0.4, -0.2) is 34.1 Å². The zero-order chi connectivity index (χ0) is 19.7. The monoisotopic (exact) mass is 379 g/mol. The Morgan fingerprint density at radius 3 is 2.46 bits per heavy atom. The van der Waals surface area contributed by atoms with Crippen molar-refractivity contribution in [1.29, 1.82) is 0 Å². The van der Waals surface area contributed by atoms with E-state index in [1.54, 1.807) is 37.6 Å². The summed E-state index contributed by atoms with van der Waals surface area (Å²) in [5, 5.41) is 3.60. The summed E-state index contributed by atoms with van der Waals surface area (Å²) in [5.41, 5.74) is 1.08. The van der Waals surface area contributed by atoms with Crippen molar-refractivity contribution < 1.29 is 13.5 Å². The molecule has 0 fully saturated rings. The second-order valence-corrected chi connectivity index (χ2v) is 5.89. The summed E-state index contributed by atoms with van der Waals surface area (Å²) in [4.78, 5) is 17.4. The average Bonchev–Trinajstić information content (AvgIpc) is 2.74. The van der Waals surface area contributed by atoms with Crippen molar-refractivity contribution in [3.8, 4) is 28.5 Å². The van der Waals surface area contributed by atoms with E-state index < -0.39 is 11.6 Å². The second-order valence-electron chi connectivity index (χ2n) is 5.89. The van der Waals surface area contributed by atoms with Crippen LogP contribution in [0.5, 0.6) is 5.75 Å². The lowest BCUT2D eigenvalue weighted by atomic mass is 10.0. The van der Waals surface area contributed by atoms with E-state index in [2.05, 4.69) is 25.3 Å². The van der Waals surface area contributed by atoms with Gasteiger partial charge in [0.1, 0.15) is 17.1 Å². The van der Waals surface area contributed by atoms with Crippen molar-refractivity contribution in [3.63, 3.8) is 0 Å². The Hall–Kier alpha value is -3.68. The summed E-state index contributed by atoms with van der Waals surface area (Å²) in [7, 11) is 3.19. The Morgan fingerprint density at radius 2 is 1.75 bits per heavy atom. The molecule has 0 aliphatic carbocycles. The van der Waals surface area contributed by atoms with E-state index >= 15 is 0 Å². The van der Waals surface area contributed by atoms with Gasteiger partial charge >= 0.3 is 0 Å². The highest BCUT2D eigenvalue weighted by atomic mass is 19.2. The molecule has 0 spiro atoms. The van der Waals surface area contributed by atoms with Gasteiger partial charge in [-0.2, -0.15) is 0 Å². The lowest BCUT2D eigenvalue weighted by molar-refractivity contribution is 0.419. The maximum absolute atomic E-state index is 14.3. The van der Waals surface area contributed by atoms with Crippen LogP contribution in [0.1, 0.15) is 0 Å². The summed E-state index contributed by atoms with van der Waals surface area (Å²) in [6.45, 7) is 0. The third-order valence-corrected chi connectivity index (χ3v) is 4.25. The quantitative estimate of drug-likeness (QED) is 0.576. The normalized spacial score (nSPS) is 10.9. The predicted octanol–water partition coefficient (Wildman–Crippen LogP) is 4.08. The number of benzene rings is 2. The number of nitrogens with one attached hydrogen (secondary N) is 1. The van der Waals surface area contributed by atoms with Crippen LogP contribution >= 0.6 is 0 Å². The standard InChI is InChI=1S/C20H15F2N5O/c1-23-18-13-9-11(12-5-3-6-14(21)16(12)22)10-15(28-2)17(13)26-20(27-18)19-24-7-4-8-25-19/h3-10H,1-2H3,(H,23,26,27). The maximum Gasteiger partial charge on any atom is 0.200 e. The van der Waals surface area contributed by atoms with Crippen molar-refractivity contribution in [3.05, 3.63) is 60.4 Å². The number of fused-ring (bicyclic) bond motifs is 1. The van der Waals surface area contributed by atoms with Gasteiger partial charge in [-0.3, -0.25) is 0 Å². The number of aromatic nitrogens is 4. The van der Waals surface area contributed by atoms with Gasteiger partial charge in [0, 0.05) is 30.4 Å². The lowest BCUT2D eigenvalue weighted by Gasteiger charge is -2.13. The number of ether oxygens (including phenoxy) is 1. The summed E-state index contributed by atoms with van der Waals surface area (Å²) in [5.74, 6) is -0.274. The van der Waals surface area contributed by atoms with Crippen molar-refractivity contribution in [2.45, 2.75) is 0 Å². The molecule has 4 rings (SSSR count). The summed E-state index contributed by atoms with van der Waals surface area (Å²) in [6, 6.07) is 9.04. The minimum atomic E-state index is -0.926. The van der Waals surface area contributed by atoms with Crippen LogP contribution in [0.25, 0.3) is 33.7 Å². The molecule has 0 bridgehead atoms. The zero-order valence-corrected chi connectivity index (χ0v) is 15.1. The topological polar surface area (TPSA) is 72.8 Å². The van der Waals surface area contributed by atoms with Gasteiger partial charge in [0.15, 0.2) is 23.3 Å². The molecule has 2 aromatic heterocycles. The van der Waals surface area contributed by atoms with E-state index in [4.69, 9.17) is 4.74 Å². The number of halogens is 2. The van der Waals surface area contributed by atoms with Crippen molar-refractivity contribution in [2.75, 3.05) is 19.5 Å². The minimum Gasteiger partial charge on any atom is -0.494 e. The molecule has 28 heavy (non-hydrogen) atoms. The molecule has 0 amide bonds. The largest absolute Gasteiger partial charge is 0.494 e. The first kappa shape index (κ1) is 17.7. The molecule has 8 heteroatoms. The van der Waals surface area contributed by atoms with Gasteiger partial charge in [-0.15, -0.1) is 0 Å². The predicted molar refractivity (Wildman–Crippen MR) is 102 cm³/mol. The third-order valence-electron chi connectivity index (χ3n) is 4.25. The number of nitrogens with zero attached hydrogens (tertiary/aromatic N) is 4. The Labute approximate surface area is 159 Å². The lowest BCUT2D eigenvalue weighted by Crippen LogP contribution is -2.02. The van der Waals surface area contributed by atoms with Gasteiger partial charge < -0.3 is 10.1 Å². The van der Waals surface area contributed by atoms with Crippen LogP contribution in [0.3, 0.4) is 0 Å². The van der Waals surface area contributed by atoms with E-state index in [1.165, 1.54) is 19.2 Å². The van der Waals surface area contributed by atoms with Gasteiger partial charge in [-0.25, -0.2) is 28.7 Å². The minimum absolute atomic E-state index is 0.123. The molecule has 2 aromatic carbocycles. The third kappa shape index (κ3) is 2.98. The first-order valence-corrected chi connectivity index (χ1v) is 8.41. The van der Waals surface area contributed by atoms with Crippen LogP contribution < -0.4 is 10.1 Å². The highest BCUT2D eigenvalue weighted by molar-refractivity contribution is 5.97. The fourth-order valence-electron chi connectivity index (χ4n) is 2.94. The molecule has 2 heterocycles. The van der Waals surface area contributed by atoms with Crippen LogP contribution in [0, 0.1) is 11.6 Å². The second kappa shape index (κ2) is 7.15. The number of methoxy groups -OCH3 is 1. The van der Waals surface area contributed by atoms with Gasteiger partial charge in [0.2, 0.25) is 0 Å². The molecule has 0 radical (unpaired) electrons. The van der Waals surface area contributed by atoms with Gasteiger partial charge in [0.05, 0.1) is 7.11 Å². The molecular weight excluding hydrogens is 364 g/mol. The summed E-state index contributed by atoms with van der Waals surface area (Å²) >= 11 is 0. The number of hydrogen-bond donors (Lipinski definition) is 1. The molecule has 4 aromatic rings. The molecular formula is C20H15F2N5O. The van der Waals surface area contributed by atoms with Crippen LogP contribution in [0.2, 0.25) is 0 Å². The first-order chi connectivity index (χ1) is 13.6. The number of rotatable bonds is 4. The molecule has 0 saturated heterocycles. The fourth-order valence-corrected chi connectivity index (χ4v) is 2.94. The Morgan fingerprint density at radius 1 is 0.964 bits per heavy atom. The van der Waals surface area contributed by atoms with Crippen molar-refractivity contribution in [2.24, 2.45) is 0 Å². The molecule has 1 N–H and O–H groups in total. The molecule has 0 aliphatic heterocycles. The smallest absolute Gasteiger partial charge is 0.200 e. The average molecular weight is 379 g/mol. The zero-order valence-electron chi connectivity index (χ0n) is 15.1. The molecule has 0 saturated carbocycles. The first-order valence-electron chi connectivity index (χ1n) is 8.41. The van der Waals surface area contributed by atoms with E-state index in [9.17, 15) is 8.78 Å². The highest BCUT2D eigenvalue weighted by Crippen LogP contribution is 2.36. The van der Waals surface area contributed by atoms with E-state index in [-0.39, 0.29) is 5.56 Å². The number of hydrogen-bond acceptors (Lipinski definition) is 6. The van der Waals surface area contributed by atoms with Gasteiger partial charge in [-0.1, -0.05) is 12.1 Å². The van der Waals surface area contributed by atoms with Crippen LogP contribution in [0.15, 0.2) is 48.8 Å². The Bertz CT molecular complexity index is 1170. The summed E-state index contributed by atoms with van der Waals surface area (Å²) in [6.07, 6.45) is 3.20. The Kier molecular flexibility index (Phi) is 4.52. The van der Waals surface area contributed by atoms with Crippen LogP contribution in [0.4, 0.5) is 14.6 Å². The van der Waals surface area contributed by atoms with E-state index in [0.717, 1.165) is 6.07 Å².